The lowest BCUT2D eigenvalue weighted by atomic mass is 10.1. The molecule has 2 aromatic rings. The van der Waals surface area contributed by atoms with Gasteiger partial charge in [0.1, 0.15) is 5.69 Å². The van der Waals surface area contributed by atoms with Gasteiger partial charge in [-0.3, -0.25) is 19.8 Å². The van der Waals surface area contributed by atoms with Crippen LogP contribution in [0.1, 0.15) is 6.92 Å². The van der Waals surface area contributed by atoms with Gasteiger partial charge in [0.25, 0.3) is 5.69 Å². The molecule has 1 atom stereocenters. The van der Waals surface area contributed by atoms with E-state index in [0.29, 0.717) is 24.3 Å². The monoisotopic (exact) mass is 586 g/mol. The lowest BCUT2D eigenvalue weighted by Gasteiger charge is -2.41. The molecule has 15 nitrogen and oxygen atoms in total. The normalized spacial score (nSPS) is 14.6. The van der Waals surface area contributed by atoms with E-state index in [9.17, 15) is 34.1 Å². The first-order valence-electron chi connectivity index (χ1n) is 12.1. The molecule has 0 aliphatic carbocycles. The van der Waals surface area contributed by atoms with Crippen molar-refractivity contribution in [2.45, 2.75) is 13.0 Å². The molecule has 224 valence electrons. The maximum atomic E-state index is 12.3. The molecule has 0 saturated carbocycles. The van der Waals surface area contributed by atoms with E-state index < -0.39 is 28.8 Å². The first kappa shape index (κ1) is 34.5. The minimum atomic E-state index is -1.26. The molecule has 1 fully saturated rings. The molecular weight excluding hydrogens is 556 g/mol. The van der Waals surface area contributed by atoms with Gasteiger partial charge in [0, 0.05) is 61.7 Å². The highest BCUT2D eigenvalue weighted by Crippen LogP contribution is 2.23. The molecule has 15 heteroatoms. The summed E-state index contributed by atoms with van der Waals surface area (Å²) in [7, 11) is 0. The van der Waals surface area contributed by atoms with Crippen LogP contribution >= 0.6 is 0 Å². The van der Waals surface area contributed by atoms with Gasteiger partial charge in [-0.25, -0.2) is 19.2 Å². The van der Waals surface area contributed by atoms with Crippen LogP contribution in [0.4, 0.5) is 17.1 Å². The Balaban J connectivity index is 0.000000454. The molecule has 1 amide bonds. The first-order valence-corrected chi connectivity index (χ1v) is 12.1. The van der Waals surface area contributed by atoms with Crippen molar-refractivity contribution >= 4 is 46.8 Å². The van der Waals surface area contributed by atoms with Gasteiger partial charge in [-0.05, 0) is 25.1 Å². The summed E-state index contributed by atoms with van der Waals surface area (Å²) in [4.78, 5) is 65.5. The number of nitro benzene ring substituents is 1. The summed E-state index contributed by atoms with van der Waals surface area (Å²) in [6.45, 7) is 4.73. The van der Waals surface area contributed by atoms with Gasteiger partial charge < -0.3 is 30.6 Å². The Kier molecular flexibility index (Phi) is 14.7. The number of piperazine rings is 1. The number of nitro groups is 1. The number of carboxylic acid groups (broad SMARTS) is 4. The summed E-state index contributed by atoms with van der Waals surface area (Å²) in [5.74, 6) is -5.26. The van der Waals surface area contributed by atoms with Crippen molar-refractivity contribution in [3.8, 4) is 0 Å². The number of carbonyl (C=O) groups excluding carboxylic acids is 1. The lowest BCUT2D eigenvalue weighted by molar-refractivity contribution is -0.383. The molecule has 1 unspecified atom stereocenters. The van der Waals surface area contributed by atoms with Crippen molar-refractivity contribution in [3.63, 3.8) is 0 Å². The van der Waals surface area contributed by atoms with E-state index in [-0.39, 0.29) is 29.9 Å². The van der Waals surface area contributed by atoms with Crippen molar-refractivity contribution in [2.24, 2.45) is 0 Å². The number of carbonyl (C=O) groups is 5. The molecule has 1 heterocycles. The predicted octanol–water partition coefficient (Wildman–Crippen LogP) is 2.17. The summed E-state index contributed by atoms with van der Waals surface area (Å²) >= 11 is 0. The molecule has 1 aliphatic rings. The maximum Gasteiger partial charge on any atom is 0.328 e. The Morgan fingerprint density at radius 3 is 1.76 bits per heavy atom. The standard InChI is InChI=1S/C19H22N4O3.2C4H4O4/c1-15-13-21(11-12-22(15)16-7-3-2-4-8-16)14-19(24)20-17-9-5-6-10-18(17)23(25)26;2*5-3(6)1-2-4(7)8/h2-10,15H,11-14H2,1H3,(H,20,24);2*1-2H,(H,5,6)(H,7,8)/b;2*2-1+. The van der Waals surface area contributed by atoms with Crippen LogP contribution in [0.3, 0.4) is 0 Å². The number of amides is 1. The third-order valence-corrected chi connectivity index (χ3v) is 5.28. The Bertz CT molecular complexity index is 1250. The van der Waals surface area contributed by atoms with Crippen LogP contribution in [0.2, 0.25) is 0 Å². The number of nitrogens with one attached hydrogen (secondary N) is 1. The molecule has 5 N–H and O–H groups in total. The minimum Gasteiger partial charge on any atom is -0.478 e. The fourth-order valence-electron chi connectivity index (χ4n) is 3.60. The van der Waals surface area contributed by atoms with Crippen LogP contribution in [-0.4, -0.2) is 92.3 Å². The van der Waals surface area contributed by atoms with Gasteiger partial charge >= 0.3 is 23.9 Å². The molecule has 1 aliphatic heterocycles. The number of benzene rings is 2. The number of hydrogen-bond donors (Lipinski definition) is 5. The summed E-state index contributed by atoms with van der Waals surface area (Å²) in [6, 6.07) is 16.7. The van der Waals surface area contributed by atoms with Gasteiger partial charge in [0.05, 0.1) is 11.5 Å². The van der Waals surface area contributed by atoms with E-state index in [1.54, 1.807) is 18.2 Å². The van der Waals surface area contributed by atoms with Crippen LogP contribution in [-0.2, 0) is 24.0 Å². The molecule has 1 saturated heterocycles. The molecule has 0 aromatic heterocycles. The molecular formula is C27H30N4O11. The zero-order chi connectivity index (χ0) is 31.7. The Morgan fingerprint density at radius 2 is 1.31 bits per heavy atom. The van der Waals surface area contributed by atoms with Crippen molar-refractivity contribution in [3.05, 3.63) is 89.0 Å². The highest BCUT2D eigenvalue weighted by Gasteiger charge is 2.25. The van der Waals surface area contributed by atoms with E-state index in [0.717, 1.165) is 19.6 Å². The first-order chi connectivity index (χ1) is 19.8. The molecule has 2 aromatic carbocycles. The highest BCUT2D eigenvalue weighted by molar-refractivity contribution is 5.94. The number of aliphatic carboxylic acids is 4. The molecule has 42 heavy (non-hydrogen) atoms. The quantitative estimate of drug-likeness (QED) is 0.161. The van der Waals surface area contributed by atoms with Crippen molar-refractivity contribution in [2.75, 3.05) is 36.4 Å². The summed E-state index contributed by atoms with van der Waals surface area (Å²) in [6.07, 6.45) is 2.23. The minimum absolute atomic E-state index is 0.0943. The van der Waals surface area contributed by atoms with Gasteiger partial charge in [0.15, 0.2) is 0 Å². The van der Waals surface area contributed by atoms with Gasteiger partial charge in [0.2, 0.25) is 5.91 Å². The smallest absolute Gasteiger partial charge is 0.328 e. The Morgan fingerprint density at radius 1 is 0.833 bits per heavy atom. The van der Waals surface area contributed by atoms with E-state index in [1.807, 2.05) is 18.2 Å². The number of rotatable bonds is 9. The number of anilines is 2. The van der Waals surface area contributed by atoms with Gasteiger partial charge in [-0.2, -0.15) is 0 Å². The second-order valence-electron chi connectivity index (χ2n) is 8.46. The second kappa shape index (κ2) is 17.9. The average molecular weight is 587 g/mol. The number of nitrogens with zero attached hydrogens (tertiary/aromatic N) is 3. The van der Waals surface area contributed by atoms with Crippen LogP contribution in [0, 0.1) is 10.1 Å². The average Bonchev–Trinajstić information content (AvgIpc) is 2.92. The third kappa shape index (κ3) is 14.0. The van der Waals surface area contributed by atoms with E-state index >= 15 is 0 Å². The number of carboxylic acids is 4. The van der Waals surface area contributed by atoms with Gasteiger partial charge in [-0.15, -0.1) is 0 Å². The lowest BCUT2D eigenvalue weighted by Crippen LogP contribution is -2.53. The third-order valence-electron chi connectivity index (χ3n) is 5.28. The van der Waals surface area contributed by atoms with Crippen LogP contribution in [0.15, 0.2) is 78.9 Å². The van der Waals surface area contributed by atoms with E-state index in [4.69, 9.17) is 20.4 Å². The Hall–Kier alpha value is -5.57. The van der Waals surface area contributed by atoms with Crippen LogP contribution in [0.25, 0.3) is 0 Å². The van der Waals surface area contributed by atoms with Crippen molar-refractivity contribution in [1.82, 2.24) is 4.90 Å². The second-order valence-corrected chi connectivity index (χ2v) is 8.46. The van der Waals surface area contributed by atoms with E-state index in [2.05, 4.69) is 34.2 Å². The number of hydrogen-bond acceptors (Lipinski definition) is 9. The van der Waals surface area contributed by atoms with Crippen molar-refractivity contribution in [1.29, 1.82) is 0 Å². The summed E-state index contributed by atoms with van der Waals surface area (Å²) in [5, 5.41) is 45.0. The highest BCUT2D eigenvalue weighted by atomic mass is 16.6. The zero-order valence-electron chi connectivity index (χ0n) is 22.4. The molecule has 3 rings (SSSR count). The largest absolute Gasteiger partial charge is 0.478 e. The van der Waals surface area contributed by atoms with E-state index in [1.165, 1.54) is 11.8 Å². The topological polar surface area (TPSA) is 228 Å². The maximum absolute atomic E-state index is 12.3. The van der Waals surface area contributed by atoms with Gasteiger partial charge in [-0.1, -0.05) is 30.3 Å². The molecule has 0 bridgehead atoms. The van der Waals surface area contributed by atoms with Crippen LogP contribution < -0.4 is 10.2 Å². The fourth-order valence-corrected chi connectivity index (χ4v) is 3.60. The predicted molar refractivity (Wildman–Crippen MR) is 150 cm³/mol. The molecule has 0 radical (unpaired) electrons. The summed E-state index contributed by atoms with van der Waals surface area (Å²) in [5.41, 5.74) is 1.32. The zero-order valence-corrected chi connectivity index (χ0v) is 22.4. The molecule has 0 spiro atoms. The van der Waals surface area contributed by atoms with Crippen LogP contribution in [0.5, 0.6) is 0 Å². The number of para-hydroxylation sites is 3. The van der Waals surface area contributed by atoms with Crippen molar-refractivity contribution < 1.29 is 49.3 Å². The summed E-state index contributed by atoms with van der Waals surface area (Å²) < 4.78 is 0. The SMILES string of the molecule is CC1CN(CC(=O)Nc2ccccc2[N+](=O)[O-])CCN1c1ccccc1.O=C(O)/C=C/C(=O)O.O=C(O)/C=C/C(=O)O. The fraction of sp³-hybridized carbons (Fsp3) is 0.222. The Labute approximate surface area is 239 Å².